The van der Waals surface area contributed by atoms with Crippen molar-refractivity contribution >= 4 is 83.4 Å². The molecule has 2 aromatic heterocycles. The lowest BCUT2D eigenvalue weighted by Gasteiger charge is -2.26. The van der Waals surface area contributed by atoms with Gasteiger partial charge in [0, 0.05) is 44.2 Å². The number of para-hydroxylation sites is 2. The number of hydrogen-bond acceptors (Lipinski definition) is 3. The van der Waals surface area contributed by atoms with Crippen LogP contribution in [0.4, 0.5) is 39.8 Å². The Morgan fingerprint density at radius 3 is 1.41 bits per heavy atom. The first-order valence-electron chi connectivity index (χ1n) is 19.7. The molecule has 10 rings (SSSR count). The van der Waals surface area contributed by atoms with E-state index in [2.05, 4.69) is 84.9 Å². The molecule has 9 heteroatoms. The first-order chi connectivity index (χ1) is 31.0. The molecular formula is C54H27N9. The van der Waals surface area contributed by atoms with Crippen LogP contribution in [0.5, 0.6) is 0 Å². The Morgan fingerprint density at radius 1 is 0.413 bits per heavy atom. The predicted molar refractivity (Wildman–Crippen MR) is 250 cm³/mol. The molecule has 0 amide bonds. The Bertz CT molecular complexity index is 3530. The van der Waals surface area contributed by atoms with Gasteiger partial charge in [0.15, 0.2) is 5.69 Å². The summed E-state index contributed by atoms with van der Waals surface area (Å²) in [7, 11) is 0. The SMILES string of the molecule is [C-]#[N+]c1cc(C#N)c(-n2c3ccccc3c3cc(N(c4ccc(-c5ccccc5)cc4)c4ccc5c(c4)c4ccccc4n5-c4c([N+]#[C-])cc(C#N)cc4[N+]#[C-])ccc32)c([N+]#[C-])c1. The van der Waals surface area contributed by atoms with Crippen molar-refractivity contribution in [3.8, 4) is 34.6 Å². The van der Waals surface area contributed by atoms with Crippen LogP contribution in [0.25, 0.3) is 85.5 Å². The fourth-order valence-electron chi connectivity index (χ4n) is 8.71. The standard InChI is InChI=1S/C54H27N9/c1-57-38-28-37(33-56)53(48(29-38)60-4)62-49-16-10-8-14-42(49)44-30-40(22-24-51(44)62)61(39-20-18-36(19-21-39)35-12-6-5-7-13-35)41-23-25-52-45(31-41)43-15-9-11-17-50(43)63(52)54-46(58-2)26-34(32-55)27-47(54)59-3/h5-31H. The van der Waals surface area contributed by atoms with E-state index in [9.17, 15) is 10.5 Å². The zero-order valence-corrected chi connectivity index (χ0v) is 33.1. The molecule has 0 saturated carbocycles. The number of anilines is 3. The molecule has 63 heavy (non-hydrogen) atoms. The van der Waals surface area contributed by atoms with Crippen LogP contribution in [0.1, 0.15) is 11.1 Å². The van der Waals surface area contributed by atoms with Gasteiger partial charge in [-0.1, -0.05) is 78.9 Å². The number of hydrogen-bond donors (Lipinski definition) is 0. The second kappa shape index (κ2) is 15.0. The van der Waals surface area contributed by atoms with Crippen LogP contribution >= 0.6 is 0 Å². The Labute approximate surface area is 361 Å². The summed E-state index contributed by atoms with van der Waals surface area (Å²) in [5, 5.41) is 23.7. The van der Waals surface area contributed by atoms with Crippen molar-refractivity contribution in [2.75, 3.05) is 4.90 Å². The fraction of sp³-hybridized carbons (Fsp3) is 0. The molecule has 0 aliphatic heterocycles. The lowest BCUT2D eigenvalue weighted by Crippen LogP contribution is -2.10. The zero-order chi connectivity index (χ0) is 43.2. The van der Waals surface area contributed by atoms with Gasteiger partial charge in [-0.15, -0.1) is 0 Å². The van der Waals surface area contributed by atoms with Crippen LogP contribution in [0, 0.1) is 49.0 Å². The minimum Gasteiger partial charge on any atom is -0.329 e. The second-order valence-electron chi connectivity index (χ2n) is 14.8. The number of rotatable bonds is 6. The molecule has 0 atom stereocenters. The topological polar surface area (TPSA) is 78.1 Å². The molecular weight excluding hydrogens is 775 g/mol. The van der Waals surface area contributed by atoms with Crippen molar-refractivity contribution in [2.24, 2.45) is 0 Å². The average Bonchev–Trinajstić information content (AvgIpc) is 3.85. The maximum absolute atomic E-state index is 10.3. The first-order valence-corrected chi connectivity index (χ1v) is 19.7. The Kier molecular flexibility index (Phi) is 8.92. The van der Waals surface area contributed by atoms with Crippen molar-refractivity contribution < 1.29 is 0 Å². The van der Waals surface area contributed by atoms with Gasteiger partial charge in [0.05, 0.1) is 77.4 Å². The number of aromatic nitrogens is 2. The highest BCUT2D eigenvalue weighted by Crippen LogP contribution is 2.46. The quantitative estimate of drug-likeness (QED) is 0.157. The van der Waals surface area contributed by atoms with Crippen LogP contribution in [0.3, 0.4) is 0 Å². The molecule has 10 aromatic rings. The van der Waals surface area contributed by atoms with Gasteiger partial charge in [-0.25, -0.2) is 19.4 Å². The lowest BCUT2D eigenvalue weighted by molar-refractivity contribution is 1.17. The van der Waals surface area contributed by atoms with Gasteiger partial charge in [-0.05, 0) is 96.1 Å². The predicted octanol–water partition coefficient (Wildman–Crippen LogP) is 15.0. The maximum atomic E-state index is 10.3. The van der Waals surface area contributed by atoms with E-state index >= 15 is 0 Å². The third-order valence-electron chi connectivity index (χ3n) is 11.4. The molecule has 0 spiro atoms. The Morgan fingerprint density at radius 2 is 0.889 bits per heavy atom. The molecule has 8 aromatic carbocycles. The zero-order valence-electron chi connectivity index (χ0n) is 33.1. The van der Waals surface area contributed by atoms with Crippen molar-refractivity contribution in [3.05, 3.63) is 221 Å². The van der Waals surface area contributed by atoms with Gasteiger partial charge in [-0.2, -0.15) is 10.5 Å². The van der Waals surface area contributed by atoms with Gasteiger partial charge in [0.2, 0.25) is 17.1 Å². The average molecular weight is 802 g/mol. The van der Waals surface area contributed by atoms with Crippen molar-refractivity contribution in [1.82, 2.24) is 9.13 Å². The van der Waals surface area contributed by atoms with E-state index in [0.29, 0.717) is 11.4 Å². The molecule has 0 aliphatic rings. The van der Waals surface area contributed by atoms with Crippen molar-refractivity contribution in [2.45, 2.75) is 0 Å². The lowest BCUT2D eigenvalue weighted by atomic mass is 10.0. The van der Waals surface area contributed by atoms with E-state index in [4.69, 9.17) is 26.3 Å². The van der Waals surface area contributed by atoms with Crippen molar-refractivity contribution in [1.29, 1.82) is 10.5 Å². The summed E-state index contributed by atoms with van der Waals surface area (Å²) in [5.41, 5.74) is 10.2. The summed E-state index contributed by atoms with van der Waals surface area (Å²) in [6.45, 7) is 31.8. The van der Waals surface area contributed by atoms with Crippen LogP contribution in [-0.4, -0.2) is 9.13 Å². The highest BCUT2D eigenvalue weighted by Gasteiger charge is 2.24. The monoisotopic (exact) mass is 801 g/mol. The largest absolute Gasteiger partial charge is 0.329 e. The number of fused-ring (bicyclic) bond motifs is 6. The fourth-order valence-corrected chi connectivity index (χ4v) is 8.71. The third kappa shape index (κ3) is 5.96. The van der Waals surface area contributed by atoms with E-state index in [0.717, 1.165) is 71.8 Å². The molecule has 288 valence electrons. The van der Waals surface area contributed by atoms with E-state index < -0.39 is 0 Å². The summed E-state index contributed by atoms with van der Waals surface area (Å²) >= 11 is 0. The molecule has 9 nitrogen and oxygen atoms in total. The molecule has 0 bridgehead atoms. The molecule has 0 fully saturated rings. The maximum Gasteiger partial charge on any atom is 0.201 e. The summed E-state index contributed by atoms with van der Waals surface area (Å²) < 4.78 is 3.90. The molecule has 0 radical (unpaired) electrons. The third-order valence-corrected chi connectivity index (χ3v) is 11.4. The minimum atomic E-state index is 0.215. The van der Waals surface area contributed by atoms with Gasteiger partial charge >= 0.3 is 0 Å². The molecule has 0 unspecified atom stereocenters. The second-order valence-corrected chi connectivity index (χ2v) is 14.8. The van der Waals surface area contributed by atoms with Gasteiger partial charge in [-0.3, -0.25) is 0 Å². The minimum absolute atomic E-state index is 0.215. The van der Waals surface area contributed by atoms with E-state index in [1.165, 1.54) is 24.3 Å². The molecule has 0 N–H and O–H groups in total. The van der Waals surface area contributed by atoms with E-state index in [-0.39, 0.29) is 33.9 Å². The van der Waals surface area contributed by atoms with Crippen LogP contribution in [0.15, 0.2) is 164 Å². The van der Waals surface area contributed by atoms with Crippen LogP contribution in [-0.2, 0) is 0 Å². The van der Waals surface area contributed by atoms with Crippen LogP contribution < -0.4 is 4.90 Å². The van der Waals surface area contributed by atoms with Crippen LogP contribution in [0.2, 0.25) is 0 Å². The summed E-state index contributed by atoms with van der Waals surface area (Å²) in [6, 6.07) is 57.3. The molecule has 0 aliphatic carbocycles. The Hall–Kier alpha value is -9.90. The summed E-state index contributed by atoms with van der Waals surface area (Å²) in [4.78, 5) is 17.1. The highest BCUT2D eigenvalue weighted by molar-refractivity contribution is 6.13. The van der Waals surface area contributed by atoms with Crippen molar-refractivity contribution in [3.63, 3.8) is 0 Å². The van der Waals surface area contributed by atoms with E-state index in [1.807, 2.05) is 100 Å². The van der Waals surface area contributed by atoms with E-state index in [1.54, 1.807) is 0 Å². The normalized spacial score (nSPS) is 10.8. The number of nitrogens with zero attached hydrogens (tertiary/aromatic N) is 9. The highest BCUT2D eigenvalue weighted by atomic mass is 15.1. The van der Waals surface area contributed by atoms with Gasteiger partial charge in [0.25, 0.3) is 0 Å². The number of benzene rings is 8. The summed E-state index contributed by atoms with van der Waals surface area (Å²) in [6.07, 6.45) is 0. The van der Waals surface area contributed by atoms with Gasteiger partial charge < -0.3 is 14.0 Å². The molecule has 2 heterocycles. The molecule has 0 saturated heterocycles. The summed E-state index contributed by atoms with van der Waals surface area (Å²) in [5.74, 6) is 0. The Balaban J connectivity index is 1.23. The van der Waals surface area contributed by atoms with Gasteiger partial charge in [0.1, 0.15) is 0 Å². The number of nitriles is 2. The first kappa shape index (κ1) is 37.4. The smallest absolute Gasteiger partial charge is 0.201 e.